The molecule has 0 aliphatic heterocycles. The van der Waals surface area contributed by atoms with Gasteiger partial charge in [0, 0.05) is 18.8 Å². The van der Waals surface area contributed by atoms with Crippen LogP contribution >= 0.6 is 0 Å². The van der Waals surface area contributed by atoms with Gasteiger partial charge < -0.3 is 20.1 Å². The summed E-state index contributed by atoms with van der Waals surface area (Å²) in [6.07, 6.45) is -3.35. The maximum Gasteiger partial charge on any atom is 0.422 e. The van der Waals surface area contributed by atoms with Gasteiger partial charge in [-0.15, -0.1) is 0 Å². The van der Waals surface area contributed by atoms with E-state index < -0.39 is 36.7 Å². The molecule has 27 heavy (non-hydrogen) atoms. The number of nitrogens with one attached hydrogen (secondary N) is 2. The largest absolute Gasteiger partial charge is 0.467 e. The Morgan fingerprint density at radius 1 is 1.30 bits per heavy atom. The molecule has 0 saturated carbocycles. The number of pyridine rings is 1. The quantitative estimate of drug-likeness (QED) is 0.676. The Morgan fingerprint density at radius 3 is 2.59 bits per heavy atom. The van der Waals surface area contributed by atoms with Gasteiger partial charge in [0.1, 0.15) is 5.56 Å². The molecule has 0 radical (unpaired) electrons. The van der Waals surface area contributed by atoms with E-state index in [1.54, 1.807) is 6.92 Å². The molecule has 2 amide bonds. The molecule has 7 nitrogen and oxygen atoms in total. The number of ether oxygens (including phenoxy) is 2. The standard InChI is InChI=1S/C17H24F3N3O4/c1-4-26-16(25)23-12(8-11(2)3)9-22-14(24)13-6-5-7-21-15(13)27-10-17(18,19)20/h5-7,11-12H,4,8-10H2,1-3H3,(H,22,24)(H,23,25). The van der Waals surface area contributed by atoms with Crippen LogP contribution in [0.25, 0.3) is 0 Å². The zero-order chi connectivity index (χ0) is 20.4. The summed E-state index contributed by atoms with van der Waals surface area (Å²) in [6.45, 7) is 4.30. The second-order valence-electron chi connectivity index (χ2n) is 6.16. The zero-order valence-corrected chi connectivity index (χ0v) is 15.4. The van der Waals surface area contributed by atoms with Gasteiger partial charge in [-0.2, -0.15) is 13.2 Å². The van der Waals surface area contributed by atoms with Gasteiger partial charge >= 0.3 is 12.3 Å². The summed E-state index contributed by atoms with van der Waals surface area (Å²) in [7, 11) is 0. The Labute approximate surface area is 155 Å². The van der Waals surface area contributed by atoms with Crippen LogP contribution < -0.4 is 15.4 Å². The van der Waals surface area contributed by atoms with Gasteiger partial charge in [-0.25, -0.2) is 9.78 Å². The lowest BCUT2D eigenvalue weighted by Crippen LogP contribution is -2.44. The van der Waals surface area contributed by atoms with E-state index >= 15 is 0 Å². The first kappa shape index (κ1) is 22.5. The molecular weight excluding hydrogens is 367 g/mol. The number of amides is 2. The molecule has 1 atom stereocenters. The molecular formula is C17H24F3N3O4. The van der Waals surface area contributed by atoms with Gasteiger partial charge in [-0.3, -0.25) is 4.79 Å². The van der Waals surface area contributed by atoms with E-state index in [0.717, 1.165) is 0 Å². The lowest BCUT2D eigenvalue weighted by molar-refractivity contribution is -0.154. The fraction of sp³-hybridized carbons (Fsp3) is 0.588. The fourth-order valence-corrected chi connectivity index (χ4v) is 2.24. The Hall–Kier alpha value is -2.52. The van der Waals surface area contributed by atoms with Gasteiger partial charge in [-0.1, -0.05) is 13.8 Å². The van der Waals surface area contributed by atoms with Crippen molar-refractivity contribution in [3.8, 4) is 5.88 Å². The fourth-order valence-electron chi connectivity index (χ4n) is 2.24. The summed E-state index contributed by atoms with van der Waals surface area (Å²) in [6, 6.07) is 2.33. The highest BCUT2D eigenvalue weighted by atomic mass is 19.4. The molecule has 1 aromatic rings. The van der Waals surface area contributed by atoms with Crippen molar-refractivity contribution in [3.05, 3.63) is 23.9 Å². The molecule has 0 spiro atoms. The van der Waals surface area contributed by atoms with E-state index in [0.29, 0.717) is 6.42 Å². The van der Waals surface area contributed by atoms with Gasteiger partial charge in [0.05, 0.1) is 6.61 Å². The molecule has 0 saturated heterocycles. The van der Waals surface area contributed by atoms with Crippen LogP contribution in [0.1, 0.15) is 37.6 Å². The van der Waals surface area contributed by atoms with Gasteiger partial charge in [-0.05, 0) is 31.4 Å². The van der Waals surface area contributed by atoms with Crippen molar-refractivity contribution in [3.63, 3.8) is 0 Å². The predicted octanol–water partition coefficient (Wildman–Crippen LogP) is 2.91. The maximum absolute atomic E-state index is 12.3. The first-order valence-electron chi connectivity index (χ1n) is 8.48. The summed E-state index contributed by atoms with van der Waals surface area (Å²) in [5.74, 6) is -0.830. The highest BCUT2D eigenvalue weighted by Crippen LogP contribution is 2.20. The highest BCUT2D eigenvalue weighted by Gasteiger charge is 2.29. The van der Waals surface area contributed by atoms with Crippen molar-refractivity contribution in [1.29, 1.82) is 0 Å². The van der Waals surface area contributed by atoms with E-state index in [9.17, 15) is 22.8 Å². The van der Waals surface area contributed by atoms with Crippen LogP contribution in [0.3, 0.4) is 0 Å². The number of carbonyl (C=O) groups excluding carboxylic acids is 2. The van der Waals surface area contributed by atoms with Crippen molar-refractivity contribution < 1.29 is 32.2 Å². The lowest BCUT2D eigenvalue weighted by atomic mass is 10.0. The third kappa shape index (κ3) is 9.11. The number of alkyl halides is 3. The molecule has 2 N–H and O–H groups in total. The summed E-state index contributed by atoms with van der Waals surface area (Å²) in [5.41, 5.74) is -0.124. The smallest absolute Gasteiger partial charge is 0.422 e. The SMILES string of the molecule is CCOC(=O)NC(CNC(=O)c1cccnc1OCC(F)(F)F)CC(C)C. The average Bonchev–Trinajstić information content (AvgIpc) is 2.57. The Kier molecular flexibility index (Phi) is 8.83. The third-order valence-corrected chi connectivity index (χ3v) is 3.25. The number of rotatable bonds is 9. The minimum absolute atomic E-state index is 0.0728. The molecule has 0 fully saturated rings. The Morgan fingerprint density at radius 2 is 2.00 bits per heavy atom. The van der Waals surface area contributed by atoms with E-state index in [2.05, 4.69) is 20.4 Å². The van der Waals surface area contributed by atoms with E-state index in [1.165, 1.54) is 18.3 Å². The lowest BCUT2D eigenvalue weighted by Gasteiger charge is -2.21. The normalized spacial score (nSPS) is 12.4. The van der Waals surface area contributed by atoms with Crippen LogP contribution in [0, 0.1) is 5.92 Å². The van der Waals surface area contributed by atoms with Crippen molar-refractivity contribution in [2.24, 2.45) is 5.92 Å². The summed E-state index contributed by atoms with van der Waals surface area (Å²) in [4.78, 5) is 27.6. The van der Waals surface area contributed by atoms with Crippen LogP contribution in [0.4, 0.5) is 18.0 Å². The average molecular weight is 391 g/mol. The second-order valence-corrected chi connectivity index (χ2v) is 6.16. The molecule has 1 heterocycles. The molecule has 10 heteroatoms. The number of alkyl carbamates (subject to hydrolysis) is 1. The number of hydrogen-bond acceptors (Lipinski definition) is 5. The van der Waals surface area contributed by atoms with Crippen LogP contribution in [-0.4, -0.2) is 49.0 Å². The molecule has 152 valence electrons. The van der Waals surface area contributed by atoms with Crippen LogP contribution in [0.5, 0.6) is 5.88 Å². The molecule has 1 unspecified atom stereocenters. The van der Waals surface area contributed by atoms with Gasteiger partial charge in [0.15, 0.2) is 6.61 Å². The van der Waals surface area contributed by atoms with E-state index in [1.807, 2.05) is 13.8 Å². The monoisotopic (exact) mass is 391 g/mol. The third-order valence-electron chi connectivity index (χ3n) is 3.25. The molecule has 0 aliphatic carbocycles. The van der Waals surface area contributed by atoms with Crippen molar-refractivity contribution >= 4 is 12.0 Å². The first-order valence-corrected chi connectivity index (χ1v) is 8.48. The van der Waals surface area contributed by atoms with Gasteiger partial charge in [0.25, 0.3) is 5.91 Å². The van der Waals surface area contributed by atoms with Crippen LogP contribution in [0.15, 0.2) is 18.3 Å². The van der Waals surface area contributed by atoms with Crippen LogP contribution in [-0.2, 0) is 4.74 Å². The number of hydrogen-bond donors (Lipinski definition) is 2. The predicted molar refractivity (Wildman–Crippen MR) is 91.5 cm³/mol. The Balaban J connectivity index is 2.74. The summed E-state index contributed by atoms with van der Waals surface area (Å²) >= 11 is 0. The molecule has 1 aromatic heterocycles. The zero-order valence-electron chi connectivity index (χ0n) is 15.4. The minimum atomic E-state index is -4.54. The number of carbonyl (C=O) groups is 2. The van der Waals surface area contributed by atoms with Crippen molar-refractivity contribution in [1.82, 2.24) is 15.6 Å². The summed E-state index contributed by atoms with van der Waals surface area (Å²) < 4.78 is 46.4. The minimum Gasteiger partial charge on any atom is -0.467 e. The van der Waals surface area contributed by atoms with E-state index in [4.69, 9.17) is 4.74 Å². The topological polar surface area (TPSA) is 89.6 Å². The number of nitrogens with zero attached hydrogens (tertiary/aromatic N) is 1. The molecule has 0 aromatic carbocycles. The summed E-state index contributed by atoms with van der Waals surface area (Å²) in [5, 5.41) is 5.22. The maximum atomic E-state index is 12.3. The number of halogens is 3. The second kappa shape index (κ2) is 10.6. The van der Waals surface area contributed by atoms with Crippen LogP contribution in [0.2, 0.25) is 0 Å². The van der Waals surface area contributed by atoms with E-state index in [-0.39, 0.29) is 24.6 Å². The molecule has 1 rings (SSSR count). The Bertz CT molecular complexity index is 624. The first-order chi connectivity index (χ1) is 12.6. The van der Waals surface area contributed by atoms with Crippen molar-refractivity contribution in [2.45, 2.75) is 39.4 Å². The molecule has 0 bridgehead atoms. The van der Waals surface area contributed by atoms with Gasteiger partial charge in [0.2, 0.25) is 5.88 Å². The highest BCUT2D eigenvalue weighted by molar-refractivity contribution is 5.96. The van der Waals surface area contributed by atoms with Crippen molar-refractivity contribution in [2.75, 3.05) is 19.8 Å². The number of aromatic nitrogens is 1. The molecule has 0 aliphatic rings.